The molecule has 0 bridgehead atoms. The van der Waals surface area contributed by atoms with E-state index in [4.69, 9.17) is 17.0 Å². The van der Waals surface area contributed by atoms with Gasteiger partial charge in [-0.15, -0.1) is 0 Å². The van der Waals surface area contributed by atoms with Crippen LogP contribution < -0.4 is 24.6 Å². The Labute approximate surface area is 246 Å². The van der Waals surface area contributed by atoms with Gasteiger partial charge in [0, 0.05) is 54.8 Å². The first-order valence-corrected chi connectivity index (χ1v) is 15.4. The molecule has 1 aliphatic heterocycles. The first-order valence-electron chi connectivity index (χ1n) is 13.1. The van der Waals surface area contributed by atoms with Gasteiger partial charge in [-0.1, -0.05) is 6.07 Å². The molecule has 2 atom stereocenters. The number of pyridine rings is 1. The Balaban J connectivity index is 1.64. The molecule has 2 N–H and O–H groups in total. The van der Waals surface area contributed by atoms with Crippen LogP contribution in [0.4, 0.5) is 17.1 Å². The molecule has 1 fully saturated rings. The molecule has 11 heteroatoms. The van der Waals surface area contributed by atoms with Crippen molar-refractivity contribution in [2.24, 2.45) is 0 Å². The maximum atomic E-state index is 11.9. The number of thiocarbonyl (C=S) groups is 1. The number of benzene rings is 2. The standard InChI is InChI=1S/C30H34N6O3S2/c1-19-17-24(20(2)35(19)22-12-10-21(11-13-22)34(3)4)29-28(26-9-7-8-16-31-26)32-30(40)36(29)23-14-15-25(27(18-23)39-5)33-41(6,37)38/h7-18,28-29,33H,1-6H3,(H,32,40)/t28-,29+/m1/s1. The van der Waals surface area contributed by atoms with E-state index in [9.17, 15) is 8.42 Å². The number of hydrogen-bond acceptors (Lipinski definition) is 6. The lowest BCUT2D eigenvalue weighted by Gasteiger charge is -2.29. The molecule has 41 heavy (non-hydrogen) atoms. The van der Waals surface area contributed by atoms with Crippen LogP contribution in [0.15, 0.2) is 72.9 Å². The molecular weight excluding hydrogens is 557 g/mol. The molecule has 214 valence electrons. The van der Waals surface area contributed by atoms with Crippen molar-refractivity contribution in [3.8, 4) is 11.4 Å². The lowest BCUT2D eigenvalue weighted by Crippen LogP contribution is -2.29. The van der Waals surface area contributed by atoms with E-state index in [-0.39, 0.29) is 12.1 Å². The maximum absolute atomic E-state index is 11.9. The summed E-state index contributed by atoms with van der Waals surface area (Å²) >= 11 is 5.91. The second kappa shape index (κ2) is 11.1. The molecule has 1 saturated heterocycles. The average Bonchev–Trinajstić information content (AvgIpc) is 3.43. The highest BCUT2D eigenvalue weighted by Gasteiger charge is 2.42. The number of aromatic nitrogens is 2. The summed E-state index contributed by atoms with van der Waals surface area (Å²) < 4.78 is 34.2. The van der Waals surface area contributed by atoms with Gasteiger partial charge in [0.05, 0.1) is 36.8 Å². The van der Waals surface area contributed by atoms with Gasteiger partial charge < -0.3 is 24.4 Å². The monoisotopic (exact) mass is 590 g/mol. The highest BCUT2D eigenvalue weighted by atomic mass is 32.2. The third kappa shape index (κ3) is 5.59. The molecule has 9 nitrogen and oxygen atoms in total. The predicted molar refractivity (Wildman–Crippen MR) is 169 cm³/mol. The zero-order valence-corrected chi connectivity index (χ0v) is 25.5. The van der Waals surface area contributed by atoms with Crippen molar-refractivity contribution < 1.29 is 13.2 Å². The van der Waals surface area contributed by atoms with Gasteiger partial charge in [-0.25, -0.2) is 8.42 Å². The quantitative estimate of drug-likeness (QED) is 0.274. The number of sulfonamides is 1. The summed E-state index contributed by atoms with van der Waals surface area (Å²) in [7, 11) is 2.08. The van der Waals surface area contributed by atoms with Crippen LogP contribution in [0.25, 0.3) is 5.69 Å². The van der Waals surface area contributed by atoms with Crippen LogP contribution in [0.1, 0.15) is 34.7 Å². The number of ether oxygens (including phenoxy) is 1. The number of rotatable bonds is 8. The lowest BCUT2D eigenvalue weighted by atomic mass is 9.96. The molecule has 0 radical (unpaired) electrons. The minimum Gasteiger partial charge on any atom is -0.494 e. The van der Waals surface area contributed by atoms with Crippen LogP contribution in [0.2, 0.25) is 0 Å². The van der Waals surface area contributed by atoms with Gasteiger partial charge in [-0.05, 0) is 86.2 Å². The van der Waals surface area contributed by atoms with Crippen LogP contribution in [0.5, 0.6) is 5.75 Å². The fourth-order valence-corrected chi connectivity index (χ4v) is 6.36. The van der Waals surface area contributed by atoms with Gasteiger partial charge in [0.15, 0.2) is 5.11 Å². The summed E-state index contributed by atoms with van der Waals surface area (Å²) in [6.07, 6.45) is 2.89. The first kappa shape index (κ1) is 28.4. The SMILES string of the molecule is COc1cc(N2C(=S)N[C@H](c3ccccn3)[C@@H]2c2cc(C)n(-c3ccc(N(C)C)cc3)c2C)ccc1NS(C)(=O)=O. The van der Waals surface area contributed by atoms with Crippen molar-refractivity contribution in [3.63, 3.8) is 0 Å². The third-order valence-corrected chi connectivity index (χ3v) is 8.18. The fourth-order valence-electron chi connectivity index (χ4n) is 5.45. The maximum Gasteiger partial charge on any atom is 0.229 e. The molecule has 3 heterocycles. The van der Waals surface area contributed by atoms with E-state index in [1.54, 1.807) is 18.3 Å². The highest BCUT2D eigenvalue weighted by molar-refractivity contribution is 7.92. The second-order valence-corrected chi connectivity index (χ2v) is 12.5. The fraction of sp³-hybridized carbons (Fsp3) is 0.267. The smallest absolute Gasteiger partial charge is 0.229 e. The Morgan fingerprint density at radius 1 is 1.02 bits per heavy atom. The van der Waals surface area contributed by atoms with E-state index in [1.165, 1.54) is 7.11 Å². The normalized spacial score (nSPS) is 16.9. The Morgan fingerprint density at radius 2 is 1.73 bits per heavy atom. The van der Waals surface area contributed by atoms with Crippen LogP contribution in [0.3, 0.4) is 0 Å². The molecule has 0 unspecified atom stereocenters. The Bertz CT molecular complexity index is 1690. The number of aryl methyl sites for hydroxylation is 1. The Kier molecular flexibility index (Phi) is 7.67. The zero-order chi connectivity index (χ0) is 29.5. The molecule has 2 aromatic heterocycles. The molecule has 0 spiro atoms. The zero-order valence-electron chi connectivity index (χ0n) is 23.9. The van der Waals surface area contributed by atoms with Gasteiger partial charge in [-0.3, -0.25) is 9.71 Å². The highest BCUT2D eigenvalue weighted by Crippen LogP contribution is 2.45. The molecular formula is C30H34N6O3S2. The van der Waals surface area contributed by atoms with Crippen molar-refractivity contribution in [1.29, 1.82) is 0 Å². The molecule has 0 saturated carbocycles. The van der Waals surface area contributed by atoms with Crippen molar-refractivity contribution in [2.75, 3.05) is 42.0 Å². The van der Waals surface area contributed by atoms with E-state index in [1.807, 2.05) is 38.4 Å². The van der Waals surface area contributed by atoms with E-state index < -0.39 is 10.0 Å². The van der Waals surface area contributed by atoms with Gasteiger partial charge in [0.25, 0.3) is 0 Å². The van der Waals surface area contributed by atoms with E-state index in [2.05, 4.69) is 73.6 Å². The van der Waals surface area contributed by atoms with Crippen LogP contribution >= 0.6 is 12.2 Å². The first-order chi connectivity index (χ1) is 19.5. The predicted octanol–water partition coefficient (Wildman–Crippen LogP) is 5.11. The minimum absolute atomic E-state index is 0.228. The van der Waals surface area contributed by atoms with Gasteiger partial charge in [-0.2, -0.15) is 0 Å². The van der Waals surface area contributed by atoms with Crippen molar-refractivity contribution in [2.45, 2.75) is 25.9 Å². The van der Waals surface area contributed by atoms with E-state index in [0.717, 1.165) is 46.0 Å². The van der Waals surface area contributed by atoms with Crippen LogP contribution in [-0.4, -0.2) is 50.5 Å². The number of hydrogen-bond donors (Lipinski definition) is 2. The summed E-state index contributed by atoms with van der Waals surface area (Å²) in [5.41, 5.74) is 7.47. The minimum atomic E-state index is -3.49. The molecule has 0 amide bonds. The van der Waals surface area contributed by atoms with E-state index in [0.29, 0.717) is 16.5 Å². The van der Waals surface area contributed by atoms with Gasteiger partial charge in [0.2, 0.25) is 10.0 Å². The van der Waals surface area contributed by atoms with Gasteiger partial charge >= 0.3 is 0 Å². The summed E-state index contributed by atoms with van der Waals surface area (Å²) in [6, 6.07) is 21.4. The van der Waals surface area contributed by atoms with Crippen molar-refractivity contribution in [3.05, 3.63) is 95.6 Å². The van der Waals surface area contributed by atoms with Crippen molar-refractivity contribution in [1.82, 2.24) is 14.9 Å². The number of methoxy groups -OCH3 is 1. The van der Waals surface area contributed by atoms with E-state index >= 15 is 0 Å². The van der Waals surface area contributed by atoms with Crippen LogP contribution in [-0.2, 0) is 10.0 Å². The van der Waals surface area contributed by atoms with Crippen LogP contribution in [0, 0.1) is 13.8 Å². The Hall–Kier alpha value is -4.09. The number of nitrogens with one attached hydrogen (secondary N) is 2. The molecule has 1 aliphatic rings. The molecule has 2 aromatic carbocycles. The number of nitrogens with zero attached hydrogens (tertiary/aromatic N) is 4. The second-order valence-electron chi connectivity index (χ2n) is 10.3. The molecule has 4 aromatic rings. The molecule has 5 rings (SSSR count). The topological polar surface area (TPSA) is 91.7 Å². The Morgan fingerprint density at radius 3 is 2.34 bits per heavy atom. The summed E-state index contributed by atoms with van der Waals surface area (Å²) in [6.45, 7) is 4.22. The summed E-state index contributed by atoms with van der Waals surface area (Å²) in [4.78, 5) is 8.81. The summed E-state index contributed by atoms with van der Waals surface area (Å²) in [5, 5.41) is 4.04. The summed E-state index contributed by atoms with van der Waals surface area (Å²) in [5.74, 6) is 0.391. The largest absolute Gasteiger partial charge is 0.494 e. The lowest BCUT2D eigenvalue weighted by molar-refractivity contribution is 0.417. The van der Waals surface area contributed by atoms with Crippen molar-refractivity contribution >= 4 is 44.4 Å². The molecule has 0 aliphatic carbocycles. The number of anilines is 3. The average molecular weight is 591 g/mol. The van der Waals surface area contributed by atoms with Gasteiger partial charge in [0.1, 0.15) is 5.75 Å². The third-order valence-electron chi connectivity index (χ3n) is 7.27.